The van der Waals surface area contributed by atoms with E-state index in [1.165, 1.54) is 29.7 Å². The minimum absolute atomic E-state index is 0.124. The molecule has 1 saturated heterocycles. The Morgan fingerprint density at radius 3 is 3.31 bits per heavy atom. The molecule has 1 N–H and O–H groups in total. The fraction of sp³-hybridized carbons (Fsp3) is 0.615. The summed E-state index contributed by atoms with van der Waals surface area (Å²) in [5.41, 5.74) is 1.59. The topological polar surface area (TPSA) is 29.1 Å². The van der Waals surface area contributed by atoms with Crippen LogP contribution >= 0.6 is 11.3 Å². The zero-order valence-corrected chi connectivity index (χ0v) is 10.4. The molecule has 1 aromatic rings. The summed E-state index contributed by atoms with van der Waals surface area (Å²) in [5, 5.41) is 5.35. The maximum atomic E-state index is 11.7. The van der Waals surface area contributed by atoms with Crippen LogP contribution in [0, 0.1) is 0 Å². The highest BCUT2D eigenvalue weighted by Crippen LogP contribution is 2.47. The number of thiophene rings is 1. The average Bonchev–Trinajstić information content (AvgIpc) is 2.85. The third-order valence-corrected chi connectivity index (χ3v) is 5.18. The SMILES string of the molecule is CCC1NC(=O)CC12CCCc1sccc12. The molecule has 1 aliphatic heterocycles. The first-order chi connectivity index (χ1) is 7.76. The Kier molecular flexibility index (Phi) is 2.32. The van der Waals surface area contributed by atoms with Gasteiger partial charge in [-0.15, -0.1) is 11.3 Å². The number of rotatable bonds is 1. The number of amides is 1. The molecule has 0 aromatic carbocycles. The van der Waals surface area contributed by atoms with Crippen LogP contribution in [0.3, 0.4) is 0 Å². The smallest absolute Gasteiger partial charge is 0.221 e. The van der Waals surface area contributed by atoms with Crippen LogP contribution in [0.4, 0.5) is 0 Å². The third-order valence-electron chi connectivity index (χ3n) is 4.20. The van der Waals surface area contributed by atoms with Gasteiger partial charge in [0.1, 0.15) is 0 Å². The van der Waals surface area contributed by atoms with Crippen molar-refractivity contribution in [2.45, 2.75) is 50.5 Å². The fourth-order valence-corrected chi connectivity index (χ4v) is 4.54. The van der Waals surface area contributed by atoms with Crippen molar-refractivity contribution < 1.29 is 4.79 Å². The summed E-state index contributed by atoms with van der Waals surface area (Å²) in [6.07, 6.45) is 5.36. The van der Waals surface area contributed by atoms with Crippen molar-refractivity contribution in [1.82, 2.24) is 5.32 Å². The molecular formula is C13H17NOS. The number of aryl methyl sites for hydroxylation is 1. The van der Waals surface area contributed by atoms with E-state index < -0.39 is 0 Å². The number of nitrogens with one attached hydrogen (secondary N) is 1. The third kappa shape index (κ3) is 1.27. The maximum Gasteiger partial charge on any atom is 0.221 e. The maximum absolute atomic E-state index is 11.7. The minimum Gasteiger partial charge on any atom is -0.352 e. The first-order valence-electron chi connectivity index (χ1n) is 6.12. The lowest BCUT2D eigenvalue weighted by Gasteiger charge is -2.37. The Morgan fingerprint density at radius 2 is 2.50 bits per heavy atom. The van der Waals surface area contributed by atoms with Crippen LogP contribution < -0.4 is 5.32 Å². The first kappa shape index (κ1) is 10.3. The van der Waals surface area contributed by atoms with E-state index >= 15 is 0 Å². The highest BCUT2D eigenvalue weighted by Gasteiger charge is 2.49. The van der Waals surface area contributed by atoms with Gasteiger partial charge in [0.15, 0.2) is 0 Å². The Hall–Kier alpha value is -0.830. The summed E-state index contributed by atoms with van der Waals surface area (Å²) in [4.78, 5) is 13.2. The second-order valence-corrected chi connectivity index (χ2v) is 5.97. The molecule has 0 radical (unpaired) electrons. The normalized spacial score (nSPS) is 32.8. The van der Waals surface area contributed by atoms with Crippen LogP contribution in [0.5, 0.6) is 0 Å². The highest BCUT2D eigenvalue weighted by atomic mass is 32.1. The van der Waals surface area contributed by atoms with Gasteiger partial charge in [-0.05, 0) is 42.7 Å². The first-order valence-corrected chi connectivity index (χ1v) is 7.00. The molecule has 2 aliphatic rings. The lowest BCUT2D eigenvalue weighted by molar-refractivity contribution is -0.119. The molecule has 1 spiro atoms. The van der Waals surface area contributed by atoms with E-state index in [0.29, 0.717) is 12.5 Å². The van der Waals surface area contributed by atoms with Crippen molar-refractivity contribution in [2.24, 2.45) is 0 Å². The quantitative estimate of drug-likeness (QED) is 0.796. The fourth-order valence-electron chi connectivity index (χ4n) is 3.51. The number of carbonyl (C=O) groups excluding carboxylic acids is 1. The molecule has 1 fully saturated rings. The van der Waals surface area contributed by atoms with E-state index in [0.717, 1.165) is 6.42 Å². The van der Waals surface area contributed by atoms with E-state index in [2.05, 4.69) is 23.7 Å². The lowest BCUT2D eigenvalue weighted by atomic mass is 9.67. The van der Waals surface area contributed by atoms with Crippen molar-refractivity contribution in [3.63, 3.8) is 0 Å². The van der Waals surface area contributed by atoms with Crippen molar-refractivity contribution in [3.05, 3.63) is 21.9 Å². The minimum atomic E-state index is 0.124. The largest absolute Gasteiger partial charge is 0.352 e. The van der Waals surface area contributed by atoms with Gasteiger partial charge in [0.2, 0.25) is 5.91 Å². The predicted molar refractivity (Wildman–Crippen MR) is 65.8 cm³/mol. The number of hydrogen-bond acceptors (Lipinski definition) is 2. The van der Waals surface area contributed by atoms with Crippen LogP contribution in [0.2, 0.25) is 0 Å². The molecule has 3 heteroatoms. The van der Waals surface area contributed by atoms with Gasteiger partial charge in [0.25, 0.3) is 0 Å². The van der Waals surface area contributed by atoms with E-state index in [-0.39, 0.29) is 11.3 Å². The van der Waals surface area contributed by atoms with E-state index in [1.54, 1.807) is 0 Å². The monoisotopic (exact) mass is 235 g/mol. The van der Waals surface area contributed by atoms with Crippen LogP contribution in [-0.4, -0.2) is 11.9 Å². The molecule has 86 valence electrons. The van der Waals surface area contributed by atoms with Gasteiger partial charge >= 0.3 is 0 Å². The molecule has 1 amide bonds. The molecule has 2 heterocycles. The van der Waals surface area contributed by atoms with Crippen LogP contribution in [-0.2, 0) is 16.6 Å². The molecule has 1 aromatic heterocycles. The van der Waals surface area contributed by atoms with E-state index in [4.69, 9.17) is 0 Å². The second-order valence-electron chi connectivity index (χ2n) is 4.97. The Morgan fingerprint density at radius 1 is 1.62 bits per heavy atom. The predicted octanol–water partition coefficient (Wildman–Crippen LogP) is 2.62. The van der Waals surface area contributed by atoms with Crippen molar-refractivity contribution in [1.29, 1.82) is 0 Å². The summed E-state index contributed by atoms with van der Waals surface area (Å²) in [6, 6.07) is 2.61. The van der Waals surface area contributed by atoms with Gasteiger partial charge in [0.05, 0.1) is 0 Å². The number of hydrogen-bond donors (Lipinski definition) is 1. The zero-order valence-electron chi connectivity index (χ0n) is 9.58. The van der Waals surface area contributed by atoms with E-state index in [9.17, 15) is 4.79 Å². The highest BCUT2D eigenvalue weighted by molar-refractivity contribution is 7.10. The van der Waals surface area contributed by atoms with Gasteiger partial charge in [-0.1, -0.05) is 6.92 Å². The van der Waals surface area contributed by atoms with Crippen molar-refractivity contribution in [2.75, 3.05) is 0 Å². The molecule has 2 nitrogen and oxygen atoms in total. The number of fused-ring (bicyclic) bond motifs is 2. The average molecular weight is 235 g/mol. The van der Waals surface area contributed by atoms with Crippen LogP contribution in [0.25, 0.3) is 0 Å². The molecule has 0 saturated carbocycles. The summed E-state index contributed by atoms with van der Waals surface area (Å²) in [6.45, 7) is 2.18. The molecule has 16 heavy (non-hydrogen) atoms. The van der Waals surface area contributed by atoms with Crippen LogP contribution in [0.15, 0.2) is 11.4 Å². The van der Waals surface area contributed by atoms with Gasteiger partial charge in [-0.25, -0.2) is 0 Å². The van der Waals surface area contributed by atoms with Crippen molar-refractivity contribution in [3.8, 4) is 0 Å². The number of carbonyl (C=O) groups is 1. The molecule has 2 atom stereocenters. The van der Waals surface area contributed by atoms with Crippen LogP contribution in [0.1, 0.15) is 43.0 Å². The standard InChI is InChI=1S/C13H17NOS/c1-2-11-13(8-12(15)14-11)6-3-4-10-9(13)5-7-16-10/h5,7,11H,2-4,6,8H2,1H3,(H,14,15). The molecule has 0 bridgehead atoms. The Labute approximate surface area is 100 Å². The summed E-state index contributed by atoms with van der Waals surface area (Å²) >= 11 is 1.86. The summed E-state index contributed by atoms with van der Waals surface area (Å²) < 4.78 is 0. The van der Waals surface area contributed by atoms with Gasteiger partial charge in [-0.3, -0.25) is 4.79 Å². The Bertz CT molecular complexity index is 425. The van der Waals surface area contributed by atoms with E-state index in [1.807, 2.05) is 11.3 Å². The molecule has 2 unspecified atom stereocenters. The molecule has 1 aliphatic carbocycles. The zero-order chi connectivity index (χ0) is 11.2. The Balaban J connectivity index is 2.09. The van der Waals surface area contributed by atoms with Crippen molar-refractivity contribution >= 4 is 17.2 Å². The summed E-state index contributed by atoms with van der Waals surface area (Å²) in [7, 11) is 0. The van der Waals surface area contributed by atoms with Gasteiger partial charge < -0.3 is 5.32 Å². The van der Waals surface area contributed by atoms with Gasteiger partial charge in [-0.2, -0.15) is 0 Å². The molecular weight excluding hydrogens is 218 g/mol. The molecule has 3 rings (SSSR count). The lowest BCUT2D eigenvalue weighted by Crippen LogP contribution is -2.41. The summed E-state index contributed by atoms with van der Waals surface area (Å²) in [5.74, 6) is 0.242. The van der Waals surface area contributed by atoms with Gasteiger partial charge in [0, 0.05) is 22.8 Å². The second kappa shape index (κ2) is 3.59.